The van der Waals surface area contributed by atoms with Crippen LogP contribution in [0.5, 0.6) is 0 Å². The molecule has 2 N–H and O–H groups in total. The van der Waals surface area contributed by atoms with Gasteiger partial charge in [0.25, 0.3) is 0 Å². The molecule has 0 unspecified atom stereocenters. The first kappa shape index (κ1) is 29.2. The van der Waals surface area contributed by atoms with Crippen LogP contribution >= 0.6 is 0 Å². The molecule has 0 fully saturated rings. The van der Waals surface area contributed by atoms with E-state index in [1.807, 2.05) is 0 Å². The molecule has 86 valence electrons. The van der Waals surface area contributed by atoms with Gasteiger partial charge in [-0.2, -0.15) is 0 Å². The molecule has 10 nitrogen and oxygen atoms in total. The summed E-state index contributed by atoms with van der Waals surface area (Å²) in [5, 5.41) is 0. The molecule has 13 heavy (non-hydrogen) atoms. The maximum Gasteiger partial charge on any atom is 0.0311 e. The van der Waals surface area contributed by atoms with Crippen LogP contribution in [0.4, 0.5) is 0 Å². The van der Waals surface area contributed by atoms with Crippen molar-refractivity contribution in [2.75, 3.05) is 0 Å². The Balaban J connectivity index is -0.0000000267. The first-order valence-electron chi connectivity index (χ1n) is 1.33. The molecule has 0 bridgehead atoms. The Morgan fingerprint density at radius 1 is 0.615 bits per heavy atom. The summed E-state index contributed by atoms with van der Waals surface area (Å²) in [4.78, 5) is 0. The maximum absolute atomic E-state index is 8.52. The zero-order valence-corrected chi connectivity index (χ0v) is 9.03. The van der Waals surface area contributed by atoms with Gasteiger partial charge < -0.3 is 29.2 Å². The minimum atomic E-state index is -5.17. The molecule has 0 amide bonds. The molecule has 0 saturated carbocycles. The van der Waals surface area contributed by atoms with E-state index in [0.29, 0.717) is 0 Å². The van der Waals surface area contributed by atoms with Gasteiger partial charge in [0.05, 0.1) is 0 Å². The van der Waals surface area contributed by atoms with Crippen LogP contribution in [0.2, 0.25) is 0 Å². The predicted molar refractivity (Wildman–Crippen MR) is 24.8 cm³/mol. The van der Waals surface area contributed by atoms with Gasteiger partial charge in [-0.05, 0) is 0 Å². The van der Waals surface area contributed by atoms with Crippen molar-refractivity contribution in [1.82, 2.24) is 0 Å². The van der Waals surface area contributed by atoms with Crippen molar-refractivity contribution in [3.05, 3.63) is 0 Å². The molecule has 0 saturated heterocycles. The van der Waals surface area contributed by atoms with E-state index in [2.05, 4.69) is 0 Å². The standard InChI is InChI=1S/Mo.2H2O4S.2H2O/c;2*1-5(2,3)4;;/h;2*(H2,1,2,3,4);2*1H2/p-6. The van der Waals surface area contributed by atoms with E-state index in [4.69, 9.17) is 35.0 Å². The Bertz CT molecular complexity index is 209. The van der Waals surface area contributed by atoms with Crippen LogP contribution in [-0.2, 0) is 41.9 Å². The van der Waals surface area contributed by atoms with Crippen LogP contribution in [0.1, 0.15) is 0 Å². The minimum absolute atomic E-state index is 0. The molecule has 0 radical (unpaired) electrons. The third-order valence-electron chi connectivity index (χ3n) is 0. The van der Waals surface area contributed by atoms with E-state index in [9.17, 15) is 0 Å². The molecule has 13 heteroatoms. The van der Waals surface area contributed by atoms with Crippen molar-refractivity contribution < 1.29 is 67.1 Å². The van der Waals surface area contributed by atoms with Crippen LogP contribution < -0.4 is 0 Å². The Hall–Kier alpha value is 0.348. The summed E-state index contributed by atoms with van der Waals surface area (Å²) < 4.78 is 68.2. The van der Waals surface area contributed by atoms with E-state index >= 15 is 0 Å². The van der Waals surface area contributed by atoms with Gasteiger partial charge >= 0.3 is 0 Å². The topological polar surface area (TPSA) is 221 Å². The summed E-state index contributed by atoms with van der Waals surface area (Å²) >= 11 is 0. The van der Waals surface area contributed by atoms with Gasteiger partial charge in [-0.15, -0.1) is 0 Å². The second kappa shape index (κ2) is 10.4. The van der Waals surface area contributed by atoms with Crippen LogP contribution in [0.15, 0.2) is 0 Å². The molecule has 0 aromatic rings. The third-order valence-corrected chi connectivity index (χ3v) is 0. The summed E-state index contributed by atoms with van der Waals surface area (Å²) in [6.45, 7) is 0. The van der Waals surface area contributed by atoms with Gasteiger partial charge in [0, 0.05) is 41.9 Å². The second-order valence-electron chi connectivity index (χ2n) is 0.816. The van der Waals surface area contributed by atoms with Crippen molar-refractivity contribution in [3.63, 3.8) is 0 Å². The second-order valence-corrected chi connectivity index (χ2v) is 2.45. The first-order chi connectivity index (χ1) is 4.00. The van der Waals surface area contributed by atoms with Crippen LogP contribution in [-0.4, -0.2) is 46.0 Å². The van der Waals surface area contributed by atoms with Crippen molar-refractivity contribution >= 4 is 20.8 Å². The van der Waals surface area contributed by atoms with Gasteiger partial charge in [0.15, 0.2) is 0 Å². The molecular weight excluding hydrogens is 320 g/mol. The predicted octanol–water partition coefficient (Wildman–Crippen LogP) is -3.03. The molecule has 0 spiro atoms. The van der Waals surface area contributed by atoms with Crippen LogP contribution in [0.3, 0.4) is 0 Å². The zero-order chi connectivity index (χ0) is 9.00. The van der Waals surface area contributed by atoms with Crippen molar-refractivity contribution in [2.24, 2.45) is 0 Å². The molecule has 0 aliphatic carbocycles. The van der Waals surface area contributed by atoms with Crippen molar-refractivity contribution in [1.29, 1.82) is 0 Å². The Morgan fingerprint density at radius 3 is 0.615 bits per heavy atom. The van der Waals surface area contributed by atoms with E-state index in [1.54, 1.807) is 0 Å². The maximum atomic E-state index is 8.52. The number of hydrogen-bond acceptors (Lipinski definition) is 10. The Morgan fingerprint density at radius 2 is 0.615 bits per heavy atom. The van der Waals surface area contributed by atoms with Gasteiger partial charge in [-0.25, -0.2) is 0 Å². The summed E-state index contributed by atoms with van der Waals surface area (Å²) in [5.41, 5.74) is 0. The van der Waals surface area contributed by atoms with Gasteiger partial charge in [-0.1, -0.05) is 0 Å². The zero-order valence-electron chi connectivity index (χ0n) is 5.39. The molecule has 0 aromatic carbocycles. The number of hydrogen-bond donors (Lipinski definition) is 0. The average molecular weight is 322 g/mol. The van der Waals surface area contributed by atoms with Crippen molar-refractivity contribution in [3.8, 4) is 0 Å². The molecule has 0 heterocycles. The molecule has 0 aliphatic rings. The van der Waals surface area contributed by atoms with E-state index < -0.39 is 20.8 Å². The summed E-state index contributed by atoms with van der Waals surface area (Å²) in [5.74, 6) is 0. The van der Waals surface area contributed by atoms with Crippen LogP contribution in [0, 0.1) is 0 Å². The molecular formula is H2MoO10S2-6. The van der Waals surface area contributed by atoms with Gasteiger partial charge in [0.1, 0.15) is 0 Å². The van der Waals surface area contributed by atoms with E-state index in [1.165, 1.54) is 0 Å². The largest absolute Gasteiger partial charge is 0.870 e. The number of rotatable bonds is 0. The minimum Gasteiger partial charge on any atom is -0.870 e. The smallest absolute Gasteiger partial charge is 0.0311 e. The van der Waals surface area contributed by atoms with Gasteiger partial charge in [0.2, 0.25) is 0 Å². The quantitative estimate of drug-likeness (QED) is 0.249. The Kier molecular flexibility index (Phi) is 23.4. The van der Waals surface area contributed by atoms with Crippen molar-refractivity contribution in [2.45, 2.75) is 0 Å². The average Bonchev–Trinajstić information content (AvgIpc) is 1.12. The molecule has 0 atom stereocenters. The fourth-order valence-electron chi connectivity index (χ4n) is 0. The molecule has 0 rings (SSSR count). The fourth-order valence-corrected chi connectivity index (χ4v) is 0. The third kappa shape index (κ3) is 10900. The van der Waals surface area contributed by atoms with Crippen LogP contribution in [0.25, 0.3) is 0 Å². The summed E-state index contributed by atoms with van der Waals surface area (Å²) in [7, 11) is -10.3. The SMILES string of the molecule is O=S(=O)([O-])[O-].O=S(=O)([O-])[O-].[Mo].[OH-].[OH-]. The summed E-state index contributed by atoms with van der Waals surface area (Å²) in [6.07, 6.45) is 0. The molecule has 0 aromatic heterocycles. The normalized spacial score (nSPS) is 8.92. The van der Waals surface area contributed by atoms with Gasteiger partial charge in [-0.3, -0.25) is 16.8 Å². The molecule has 0 aliphatic heterocycles. The van der Waals surface area contributed by atoms with E-state index in [-0.39, 0.29) is 32.0 Å². The monoisotopic (exact) mass is 324 g/mol. The van der Waals surface area contributed by atoms with E-state index in [0.717, 1.165) is 0 Å². The fraction of sp³-hybridized carbons (Fsp3) is 0. The summed E-state index contributed by atoms with van der Waals surface area (Å²) in [6, 6.07) is 0. The first-order valence-corrected chi connectivity index (χ1v) is 4.00. The Labute approximate surface area is 88.0 Å².